The molecule has 14 heavy (non-hydrogen) atoms. The first-order valence-corrected chi connectivity index (χ1v) is 4.68. The molecule has 0 aliphatic rings. The summed E-state index contributed by atoms with van der Waals surface area (Å²) in [5.74, 6) is 0.634. The van der Waals surface area contributed by atoms with Crippen molar-refractivity contribution < 1.29 is 9.53 Å². The van der Waals surface area contributed by atoms with Crippen molar-refractivity contribution in [1.29, 1.82) is 0 Å². The lowest BCUT2D eigenvalue weighted by Crippen LogP contribution is -2.28. The molecular formula is C11H15NO2. The molecule has 1 N–H and O–H groups in total. The van der Waals surface area contributed by atoms with Crippen LogP contribution in [0.15, 0.2) is 24.3 Å². The molecule has 0 spiro atoms. The molecule has 1 rings (SSSR count). The second-order valence-corrected chi connectivity index (χ2v) is 3.06. The van der Waals surface area contributed by atoms with E-state index in [9.17, 15) is 4.79 Å². The number of carbonyl (C=O) groups is 1. The van der Waals surface area contributed by atoms with Crippen molar-refractivity contribution in [3.8, 4) is 5.75 Å². The van der Waals surface area contributed by atoms with Crippen LogP contribution in [0.1, 0.15) is 12.5 Å². The van der Waals surface area contributed by atoms with Crippen LogP contribution in [0.25, 0.3) is 0 Å². The van der Waals surface area contributed by atoms with Crippen molar-refractivity contribution >= 4 is 5.91 Å². The number of aryl methyl sites for hydroxylation is 1. The molecule has 0 aliphatic carbocycles. The van der Waals surface area contributed by atoms with Crippen LogP contribution in [0.2, 0.25) is 0 Å². The van der Waals surface area contributed by atoms with Crippen LogP contribution in [0.4, 0.5) is 0 Å². The summed E-state index contributed by atoms with van der Waals surface area (Å²) in [6.07, 6.45) is 0. The molecule has 1 amide bonds. The number of rotatable bonds is 4. The summed E-state index contributed by atoms with van der Waals surface area (Å²) in [5, 5.41) is 2.66. The van der Waals surface area contributed by atoms with Crippen LogP contribution in [-0.2, 0) is 4.79 Å². The Hall–Kier alpha value is -1.51. The third kappa shape index (κ3) is 3.47. The zero-order chi connectivity index (χ0) is 10.4. The Balaban J connectivity index is 2.38. The van der Waals surface area contributed by atoms with Gasteiger partial charge in [0.2, 0.25) is 0 Å². The van der Waals surface area contributed by atoms with Gasteiger partial charge in [-0.25, -0.2) is 0 Å². The van der Waals surface area contributed by atoms with E-state index in [-0.39, 0.29) is 12.5 Å². The smallest absolute Gasteiger partial charge is 0.257 e. The Labute approximate surface area is 84.1 Å². The summed E-state index contributed by atoms with van der Waals surface area (Å²) >= 11 is 0. The SMILES string of the molecule is CCNC(=O)COc1ccc(C)cc1. The second-order valence-electron chi connectivity index (χ2n) is 3.06. The molecule has 1 aromatic carbocycles. The summed E-state index contributed by atoms with van der Waals surface area (Å²) in [5.41, 5.74) is 1.18. The van der Waals surface area contributed by atoms with Crippen molar-refractivity contribution in [1.82, 2.24) is 5.32 Å². The van der Waals surface area contributed by atoms with Gasteiger partial charge in [0.25, 0.3) is 5.91 Å². The van der Waals surface area contributed by atoms with Crippen molar-refractivity contribution in [3.05, 3.63) is 29.8 Å². The highest BCUT2D eigenvalue weighted by molar-refractivity contribution is 5.77. The molecule has 0 heterocycles. The predicted octanol–water partition coefficient (Wildman–Crippen LogP) is 1.51. The van der Waals surface area contributed by atoms with E-state index in [2.05, 4.69) is 5.32 Å². The predicted molar refractivity (Wildman–Crippen MR) is 55.4 cm³/mol. The van der Waals surface area contributed by atoms with Gasteiger partial charge in [-0.3, -0.25) is 4.79 Å². The Morgan fingerprint density at radius 2 is 2.00 bits per heavy atom. The Morgan fingerprint density at radius 3 is 2.57 bits per heavy atom. The fraction of sp³-hybridized carbons (Fsp3) is 0.364. The van der Waals surface area contributed by atoms with Gasteiger partial charge in [0.1, 0.15) is 5.75 Å². The van der Waals surface area contributed by atoms with E-state index in [1.54, 1.807) is 0 Å². The number of benzene rings is 1. The standard InChI is InChI=1S/C11H15NO2/c1-3-12-11(13)8-14-10-6-4-9(2)5-7-10/h4-7H,3,8H2,1-2H3,(H,12,13). The number of hydrogen-bond donors (Lipinski definition) is 1. The molecule has 3 heteroatoms. The van der Waals surface area contributed by atoms with Gasteiger partial charge < -0.3 is 10.1 Å². The molecular weight excluding hydrogens is 178 g/mol. The fourth-order valence-electron chi connectivity index (χ4n) is 1.03. The molecule has 0 saturated carbocycles. The summed E-state index contributed by atoms with van der Waals surface area (Å²) in [6.45, 7) is 4.60. The summed E-state index contributed by atoms with van der Waals surface area (Å²) in [6, 6.07) is 7.61. The minimum absolute atomic E-state index is 0.0803. The van der Waals surface area contributed by atoms with E-state index in [1.165, 1.54) is 5.56 Å². The van der Waals surface area contributed by atoms with Gasteiger partial charge >= 0.3 is 0 Å². The van der Waals surface area contributed by atoms with Crippen molar-refractivity contribution in [2.45, 2.75) is 13.8 Å². The fourth-order valence-corrected chi connectivity index (χ4v) is 1.03. The summed E-state index contributed by atoms with van der Waals surface area (Å²) in [4.78, 5) is 11.0. The average Bonchev–Trinajstić information content (AvgIpc) is 2.17. The van der Waals surface area contributed by atoms with Crippen LogP contribution in [0, 0.1) is 6.92 Å². The van der Waals surface area contributed by atoms with Crippen LogP contribution in [0.3, 0.4) is 0 Å². The van der Waals surface area contributed by atoms with Gasteiger partial charge in [0.05, 0.1) is 0 Å². The van der Waals surface area contributed by atoms with Gasteiger partial charge in [-0.2, -0.15) is 0 Å². The molecule has 76 valence electrons. The van der Waals surface area contributed by atoms with Crippen LogP contribution >= 0.6 is 0 Å². The van der Waals surface area contributed by atoms with Gasteiger partial charge in [0, 0.05) is 6.54 Å². The Morgan fingerprint density at radius 1 is 1.36 bits per heavy atom. The van der Waals surface area contributed by atoms with Gasteiger partial charge in [0.15, 0.2) is 6.61 Å². The molecule has 0 fully saturated rings. The molecule has 3 nitrogen and oxygen atoms in total. The zero-order valence-corrected chi connectivity index (χ0v) is 8.54. The quantitative estimate of drug-likeness (QED) is 0.787. The van der Waals surface area contributed by atoms with Crippen molar-refractivity contribution in [2.75, 3.05) is 13.2 Å². The first-order valence-electron chi connectivity index (χ1n) is 4.68. The van der Waals surface area contributed by atoms with Crippen LogP contribution < -0.4 is 10.1 Å². The molecule has 0 radical (unpaired) electrons. The molecule has 0 bridgehead atoms. The number of carbonyl (C=O) groups excluding carboxylic acids is 1. The van der Waals surface area contributed by atoms with Gasteiger partial charge in [-0.05, 0) is 26.0 Å². The first-order chi connectivity index (χ1) is 6.72. The second kappa shape index (κ2) is 5.27. The van der Waals surface area contributed by atoms with E-state index in [4.69, 9.17) is 4.74 Å². The maximum absolute atomic E-state index is 11.0. The lowest BCUT2D eigenvalue weighted by molar-refractivity contribution is -0.122. The summed E-state index contributed by atoms with van der Waals surface area (Å²) < 4.78 is 5.26. The number of nitrogens with one attached hydrogen (secondary N) is 1. The maximum Gasteiger partial charge on any atom is 0.257 e. The number of amides is 1. The van der Waals surface area contributed by atoms with E-state index >= 15 is 0 Å². The Bertz CT molecular complexity index is 293. The highest BCUT2D eigenvalue weighted by Gasteiger charge is 1.99. The topological polar surface area (TPSA) is 38.3 Å². The molecule has 0 aliphatic heterocycles. The van der Waals surface area contributed by atoms with E-state index in [0.29, 0.717) is 6.54 Å². The minimum Gasteiger partial charge on any atom is -0.484 e. The third-order valence-corrected chi connectivity index (χ3v) is 1.76. The minimum atomic E-state index is -0.0897. The first kappa shape index (κ1) is 10.6. The van der Waals surface area contributed by atoms with Crippen molar-refractivity contribution in [2.24, 2.45) is 0 Å². The maximum atomic E-state index is 11.0. The zero-order valence-electron chi connectivity index (χ0n) is 8.54. The van der Waals surface area contributed by atoms with E-state index in [1.807, 2.05) is 38.1 Å². The largest absolute Gasteiger partial charge is 0.484 e. The van der Waals surface area contributed by atoms with Gasteiger partial charge in [-0.1, -0.05) is 17.7 Å². The molecule has 0 aromatic heterocycles. The van der Waals surface area contributed by atoms with Crippen LogP contribution in [-0.4, -0.2) is 19.1 Å². The van der Waals surface area contributed by atoms with Crippen LogP contribution in [0.5, 0.6) is 5.75 Å². The summed E-state index contributed by atoms with van der Waals surface area (Å²) in [7, 11) is 0. The number of likely N-dealkylation sites (N-methyl/N-ethyl adjacent to an activating group) is 1. The normalized spacial score (nSPS) is 9.57. The van der Waals surface area contributed by atoms with E-state index in [0.717, 1.165) is 5.75 Å². The average molecular weight is 193 g/mol. The third-order valence-electron chi connectivity index (χ3n) is 1.76. The lowest BCUT2D eigenvalue weighted by Gasteiger charge is -2.05. The highest BCUT2D eigenvalue weighted by Crippen LogP contribution is 2.10. The Kier molecular flexibility index (Phi) is 3.98. The van der Waals surface area contributed by atoms with Crippen molar-refractivity contribution in [3.63, 3.8) is 0 Å². The highest BCUT2D eigenvalue weighted by atomic mass is 16.5. The molecule has 0 unspecified atom stereocenters. The van der Waals surface area contributed by atoms with Gasteiger partial charge in [-0.15, -0.1) is 0 Å². The monoisotopic (exact) mass is 193 g/mol. The molecule has 0 saturated heterocycles. The van der Waals surface area contributed by atoms with E-state index < -0.39 is 0 Å². The lowest BCUT2D eigenvalue weighted by atomic mass is 10.2. The molecule has 0 atom stereocenters. The molecule has 1 aromatic rings. The number of ether oxygens (including phenoxy) is 1. The number of hydrogen-bond acceptors (Lipinski definition) is 2.